The second-order valence-electron chi connectivity index (χ2n) is 5.55. The van der Waals surface area contributed by atoms with Crippen molar-refractivity contribution in [2.24, 2.45) is 5.92 Å². The largest absolute Gasteiger partial charge is 0.465 e. The van der Waals surface area contributed by atoms with Crippen LogP contribution in [0.25, 0.3) is 0 Å². The lowest BCUT2D eigenvalue weighted by atomic mass is 9.85. The minimum absolute atomic E-state index is 0.0219. The van der Waals surface area contributed by atoms with Gasteiger partial charge in [-0.15, -0.1) is 11.8 Å². The van der Waals surface area contributed by atoms with E-state index in [4.69, 9.17) is 5.11 Å². The van der Waals surface area contributed by atoms with E-state index in [0.29, 0.717) is 6.42 Å². The number of amides is 1. The highest BCUT2D eigenvalue weighted by Gasteiger charge is 2.34. The van der Waals surface area contributed by atoms with E-state index in [9.17, 15) is 18.0 Å². The Bertz CT molecular complexity index is 684. The van der Waals surface area contributed by atoms with Crippen LogP contribution in [0, 0.1) is 5.92 Å². The third-order valence-corrected chi connectivity index (χ3v) is 6.55. The normalized spacial score (nSPS) is 21.9. The van der Waals surface area contributed by atoms with Gasteiger partial charge in [0, 0.05) is 29.7 Å². The van der Waals surface area contributed by atoms with Gasteiger partial charge >= 0.3 is 6.09 Å². The Labute approximate surface area is 139 Å². The van der Waals surface area contributed by atoms with Crippen molar-refractivity contribution < 1.29 is 23.1 Å². The van der Waals surface area contributed by atoms with Crippen LogP contribution in [0.15, 0.2) is 34.1 Å². The fourth-order valence-corrected chi connectivity index (χ4v) is 4.84. The highest BCUT2D eigenvalue weighted by molar-refractivity contribution is 7.98. The van der Waals surface area contributed by atoms with E-state index >= 15 is 0 Å². The second kappa shape index (κ2) is 7.35. The fourth-order valence-electron chi connectivity index (χ4n) is 2.77. The van der Waals surface area contributed by atoms with Gasteiger partial charge in [0.05, 0.1) is 10.6 Å². The smallest absolute Gasteiger partial charge is 0.404 e. The van der Waals surface area contributed by atoms with E-state index in [1.54, 1.807) is 24.3 Å². The van der Waals surface area contributed by atoms with Gasteiger partial charge in [0.15, 0.2) is 9.84 Å². The zero-order valence-electron chi connectivity index (χ0n) is 12.7. The molecule has 23 heavy (non-hydrogen) atoms. The van der Waals surface area contributed by atoms with Crippen LogP contribution >= 0.6 is 11.8 Å². The molecule has 1 aliphatic rings. The van der Waals surface area contributed by atoms with Crippen LogP contribution in [0.4, 0.5) is 4.79 Å². The maximum atomic E-state index is 12.5. The first-order valence-electron chi connectivity index (χ1n) is 7.20. The summed E-state index contributed by atoms with van der Waals surface area (Å²) in [5.74, 6) is -0.786. The summed E-state index contributed by atoms with van der Waals surface area (Å²) in [6.07, 6.45) is 1.42. The van der Waals surface area contributed by atoms with E-state index in [1.165, 1.54) is 11.8 Å². The molecule has 2 atom stereocenters. The lowest BCUT2D eigenvalue weighted by molar-refractivity contribution is -0.121. The number of sulfone groups is 1. The van der Waals surface area contributed by atoms with Crippen molar-refractivity contribution in [3.63, 3.8) is 0 Å². The van der Waals surface area contributed by atoms with Crippen LogP contribution in [-0.4, -0.2) is 43.5 Å². The average molecular weight is 357 g/mol. The highest BCUT2D eigenvalue weighted by atomic mass is 32.2. The second-order valence-corrected chi connectivity index (χ2v) is 8.47. The monoisotopic (exact) mass is 357 g/mol. The molecule has 1 amide bonds. The van der Waals surface area contributed by atoms with Gasteiger partial charge in [-0.25, -0.2) is 13.2 Å². The zero-order valence-corrected chi connectivity index (χ0v) is 14.3. The number of carbonyl (C=O) groups excluding carboxylic acids is 1. The molecule has 2 unspecified atom stereocenters. The summed E-state index contributed by atoms with van der Waals surface area (Å²) in [4.78, 5) is 23.6. The van der Waals surface area contributed by atoms with Crippen molar-refractivity contribution in [3.8, 4) is 0 Å². The van der Waals surface area contributed by atoms with Gasteiger partial charge in [-0.2, -0.15) is 0 Å². The van der Waals surface area contributed by atoms with E-state index < -0.39 is 27.9 Å². The van der Waals surface area contributed by atoms with Gasteiger partial charge in [0.1, 0.15) is 5.78 Å². The predicted octanol–water partition coefficient (Wildman–Crippen LogP) is 2.19. The molecule has 0 bridgehead atoms. The molecule has 6 nitrogen and oxygen atoms in total. The van der Waals surface area contributed by atoms with Crippen LogP contribution in [0.3, 0.4) is 0 Å². The molecule has 8 heteroatoms. The van der Waals surface area contributed by atoms with Crippen molar-refractivity contribution in [3.05, 3.63) is 24.3 Å². The third-order valence-electron chi connectivity index (χ3n) is 3.95. The summed E-state index contributed by atoms with van der Waals surface area (Å²) in [5, 5.41) is 11.2. The summed E-state index contributed by atoms with van der Waals surface area (Å²) in [7, 11) is -3.57. The van der Waals surface area contributed by atoms with Gasteiger partial charge < -0.3 is 10.4 Å². The maximum Gasteiger partial charge on any atom is 0.404 e. The van der Waals surface area contributed by atoms with E-state index in [-0.39, 0.29) is 29.3 Å². The van der Waals surface area contributed by atoms with Crippen molar-refractivity contribution in [1.82, 2.24) is 5.32 Å². The van der Waals surface area contributed by atoms with Crippen LogP contribution in [0.1, 0.15) is 19.3 Å². The molecule has 1 aromatic rings. The molecular weight excluding hydrogens is 338 g/mol. The average Bonchev–Trinajstić information content (AvgIpc) is 2.49. The van der Waals surface area contributed by atoms with Crippen molar-refractivity contribution >= 4 is 33.5 Å². The molecule has 1 fully saturated rings. The molecule has 0 aliphatic heterocycles. The Hall–Kier alpha value is -1.54. The quantitative estimate of drug-likeness (QED) is 0.784. The number of hydrogen-bond acceptors (Lipinski definition) is 5. The van der Waals surface area contributed by atoms with Gasteiger partial charge in [0.2, 0.25) is 0 Å². The molecule has 1 aromatic carbocycles. The number of nitrogens with one attached hydrogen (secondary N) is 1. The number of thioether (sulfide) groups is 1. The molecule has 1 aliphatic carbocycles. The Balaban J connectivity index is 2.18. The Morgan fingerprint density at radius 1 is 1.35 bits per heavy atom. The molecule has 0 saturated heterocycles. The van der Waals surface area contributed by atoms with Crippen molar-refractivity contribution in [2.45, 2.75) is 35.1 Å². The van der Waals surface area contributed by atoms with Crippen LogP contribution < -0.4 is 5.32 Å². The minimum Gasteiger partial charge on any atom is -0.465 e. The third kappa shape index (κ3) is 4.71. The molecule has 2 N–H and O–H groups in total. The van der Waals surface area contributed by atoms with E-state index in [1.807, 2.05) is 6.26 Å². The SMILES string of the molecule is CSc1ccc(S(=O)(=O)CC2CC(=O)CCC2NC(=O)O)cc1. The summed E-state index contributed by atoms with van der Waals surface area (Å²) in [6, 6.07) is 6.05. The predicted molar refractivity (Wildman–Crippen MR) is 87.6 cm³/mol. The van der Waals surface area contributed by atoms with Crippen molar-refractivity contribution in [1.29, 1.82) is 0 Å². The maximum absolute atomic E-state index is 12.5. The molecule has 126 valence electrons. The standard InChI is InChI=1S/C15H19NO5S2/c1-22-12-3-5-13(6-4-12)23(20,21)9-10-8-11(17)2-7-14(10)16-15(18)19/h3-6,10,14,16H,2,7-9H2,1H3,(H,18,19). The number of hydrogen-bond donors (Lipinski definition) is 2. The van der Waals surface area contributed by atoms with Crippen LogP contribution in [0.2, 0.25) is 0 Å². The summed E-state index contributed by atoms with van der Waals surface area (Å²) < 4.78 is 25.1. The molecule has 0 heterocycles. The number of Topliss-reactive ketones (excluding diaryl/α,β-unsaturated/α-hetero) is 1. The Morgan fingerprint density at radius 2 is 2.00 bits per heavy atom. The van der Waals surface area contributed by atoms with Crippen molar-refractivity contribution in [2.75, 3.05) is 12.0 Å². The molecule has 2 rings (SSSR count). The lowest BCUT2D eigenvalue weighted by Gasteiger charge is -2.30. The number of benzene rings is 1. The van der Waals surface area contributed by atoms with Gasteiger partial charge in [-0.05, 0) is 36.9 Å². The van der Waals surface area contributed by atoms with Crippen LogP contribution in [0.5, 0.6) is 0 Å². The first-order valence-corrected chi connectivity index (χ1v) is 10.1. The fraction of sp³-hybridized carbons (Fsp3) is 0.467. The number of carboxylic acid groups (broad SMARTS) is 1. The molecular formula is C15H19NO5S2. The summed E-state index contributed by atoms with van der Waals surface area (Å²) in [5.41, 5.74) is 0. The Kier molecular flexibility index (Phi) is 5.69. The van der Waals surface area contributed by atoms with Gasteiger partial charge in [-0.3, -0.25) is 4.79 Å². The number of ketones is 1. The van der Waals surface area contributed by atoms with E-state index in [0.717, 1.165) is 4.90 Å². The van der Waals surface area contributed by atoms with Gasteiger partial charge in [0.25, 0.3) is 0 Å². The van der Waals surface area contributed by atoms with Gasteiger partial charge in [-0.1, -0.05) is 0 Å². The summed E-state index contributed by atoms with van der Waals surface area (Å²) >= 11 is 1.52. The Morgan fingerprint density at radius 3 is 2.57 bits per heavy atom. The molecule has 0 radical (unpaired) electrons. The molecule has 0 aromatic heterocycles. The lowest BCUT2D eigenvalue weighted by Crippen LogP contribution is -2.45. The first-order chi connectivity index (χ1) is 10.8. The van der Waals surface area contributed by atoms with Crippen LogP contribution in [-0.2, 0) is 14.6 Å². The molecule has 1 saturated carbocycles. The summed E-state index contributed by atoms with van der Waals surface area (Å²) in [6.45, 7) is 0. The highest BCUT2D eigenvalue weighted by Crippen LogP contribution is 2.27. The van der Waals surface area contributed by atoms with E-state index in [2.05, 4.69) is 5.32 Å². The minimum atomic E-state index is -3.57. The topological polar surface area (TPSA) is 101 Å². The molecule has 0 spiro atoms. The zero-order chi connectivity index (χ0) is 17.0. The first kappa shape index (κ1) is 17.8. The number of rotatable bonds is 5. The number of carbonyl (C=O) groups is 2.